The SMILES string of the molecule is CN(CCO)CC1CCOC1. The second-order valence-electron chi connectivity index (χ2n) is 3.22. The third kappa shape index (κ3) is 3.18. The molecule has 1 N–H and O–H groups in total. The van der Waals surface area contributed by atoms with E-state index in [0.717, 1.165) is 26.3 Å². The van der Waals surface area contributed by atoms with Crippen molar-refractivity contribution in [2.45, 2.75) is 6.42 Å². The van der Waals surface area contributed by atoms with Crippen molar-refractivity contribution in [1.29, 1.82) is 0 Å². The molecule has 0 aromatic carbocycles. The summed E-state index contributed by atoms with van der Waals surface area (Å²) in [6.45, 7) is 3.90. The Labute approximate surface area is 68.0 Å². The number of nitrogens with zero attached hydrogens (tertiary/aromatic N) is 1. The van der Waals surface area contributed by atoms with Crippen molar-refractivity contribution in [1.82, 2.24) is 4.90 Å². The molecule has 0 aromatic heterocycles. The molecule has 1 heterocycles. The Morgan fingerprint density at radius 3 is 3.00 bits per heavy atom. The summed E-state index contributed by atoms with van der Waals surface area (Å²) >= 11 is 0. The van der Waals surface area contributed by atoms with Gasteiger partial charge in [-0.15, -0.1) is 0 Å². The summed E-state index contributed by atoms with van der Waals surface area (Å²) in [7, 11) is 2.04. The zero-order valence-electron chi connectivity index (χ0n) is 7.12. The first kappa shape index (κ1) is 8.97. The van der Waals surface area contributed by atoms with E-state index < -0.39 is 0 Å². The van der Waals surface area contributed by atoms with Crippen molar-refractivity contribution in [3.8, 4) is 0 Å². The van der Waals surface area contributed by atoms with Gasteiger partial charge >= 0.3 is 0 Å². The third-order valence-corrected chi connectivity index (χ3v) is 2.08. The van der Waals surface area contributed by atoms with Gasteiger partial charge in [0.2, 0.25) is 0 Å². The fraction of sp³-hybridized carbons (Fsp3) is 1.00. The molecule has 3 heteroatoms. The Hall–Kier alpha value is -0.120. The lowest BCUT2D eigenvalue weighted by Gasteiger charge is -2.18. The van der Waals surface area contributed by atoms with E-state index in [1.165, 1.54) is 6.42 Å². The smallest absolute Gasteiger partial charge is 0.0558 e. The van der Waals surface area contributed by atoms with E-state index in [2.05, 4.69) is 4.90 Å². The van der Waals surface area contributed by atoms with Crippen LogP contribution in [0.5, 0.6) is 0 Å². The van der Waals surface area contributed by atoms with Gasteiger partial charge < -0.3 is 14.7 Å². The molecule has 0 radical (unpaired) electrons. The van der Waals surface area contributed by atoms with Gasteiger partial charge in [0.25, 0.3) is 0 Å². The predicted octanol–water partition coefficient (Wildman–Crippen LogP) is -0.0530. The molecule has 0 bridgehead atoms. The molecule has 1 unspecified atom stereocenters. The second kappa shape index (κ2) is 4.70. The molecule has 1 saturated heterocycles. The molecule has 0 aromatic rings. The van der Waals surface area contributed by atoms with Crippen LogP contribution in [0.3, 0.4) is 0 Å². The minimum Gasteiger partial charge on any atom is -0.395 e. The minimum atomic E-state index is 0.254. The highest BCUT2D eigenvalue weighted by atomic mass is 16.5. The molecule has 11 heavy (non-hydrogen) atoms. The average molecular weight is 159 g/mol. The van der Waals surface area contributed by atoms with Gasteiger partial charge in [-0.2, -0.15) is 0 Å². The summed E-state index contributed by atoms with van der Waals surface area (Å²) in [5, 5.41) is 8.64. The highest BCUT2D eigenvalue weighted by Crippen LogP contribution is 2.12. The maximum Gasteiger partial charge on any atom is 0.0558 e. The van der Waals surface area contributed by atoms with Crippen LogP contribution in [0.25, 0.3) is 0 Å². The highest BCUT2D eigenvalue weighted by molar-refractivity contribution is 4.67. The molecule has 0 amide bonds. The third-order valence-electron chi connectivity index (χ3n) is 2.08. The molecule has 1 rings (SSSR count). The number of rotatable bonds is 4. The summed E-state index contributed by atoms with van der Waals surface area (Å²) in [5.74, 6) is 0.687. The van der Waals surface area contributed by atoms with Crippen molar-refractivity contribution in [3.63, 3.8) is 0 Å². The first-order chi connectivity index (χ1) is 5.33. The van der Waals surface area contributed by atoms with Gasteiger partial charge in [0.05, 0.1) is 13.2 Å². The van der Waals surface area contributed by atoms with Gasteiger partial charge in [-0.3, -0.25) is 0 Å². The molecular weight excluding hydrogens is 142 g/mol. The molecule has 3 nitrogen and oxygen atoms in total. The Balaban J connectivity index is 2.08. The van der Waals surface area contributed by atoms with Crippen LogP contribution in [0.4, 0.5) is 0 Å². The number of aliphatic hydroxyl groups excluding tert-OH is 1. The van der Waals surface area contributed by atoms with E-state index >= 15 is 0 Å². The van der Waals surface area contributed by atoms with Crippen LogP contribution < -0.4 is 0 Å². The number of likely N-dealkylation sites (N-methyl/N-ethyl adjacent to an activating group) is 1. The quantitative estimate of drug-likeness (QED) is 0.624. The van der Waals surface area contributed by atoms with Gasteiger partial charge in [0.15, 0.2) is 0 Å². The largest absolute Gasteiger partial charge is 0.395 e. The fourth-order valence-electron chi connectivity index (χ4n) is 1.43. The van der Waals surface area contributed by atoms with E-state index in [9.17, 15) is 0 Å². The number of hydrogen-bond donors (Lipinski definition) is 1. The van der Waals surface area contributed by atoms with Crippen LogP contribution in [-0.4, -0.2) is 50.0 Å². The Kier molecular flexibility index (Phi) is 3.83. The van der Waals surface area contributed by atoms with Crippen LogP contribution in [0.1, 0.15) is 6.42 Å². The lowest BCUT2D eigenvalue weighted by molar-refractivity contribution is 0.164. The van der Waals surface area contributed by atoms with Gasteiger partial charge in [-0.05, 0) is 19.4 Å². The first-order valence-corrected chi connectivity index (χ1v) is 4.20. The topological polar surface area (TPSA) is 32.7 Å². The van der Waals surface area contributed by atoms with Crippen molar-refractivity contribution in [3.05, 3.63) is 0 Å². The monoisotopic (exact) mass is 159 g/mol. The molecule has 0 saturated carbocycles. The molecule has 1 aliphatic heterocycles. The van der Waals surface area contributed by atoms with Gasteiger partial charge in [-0.25, -0.2) is 0 Å². The Morgan fingerprint density at radius 1 is 1.64 bits per heavy atom. The molecule has 66 valence electrons. The number of ether oxygens (including phenoxy) is 1. The van der Waals surface area contributed by atoms with Crippen LogP contribution in [0.15, 0.2) is 0 Å². The second-order valence-corrected chi connectivity index (χ2v) is 3.22. The van der Waals surface area contributed by atoms with E-state index in [-0.39, 0.29) is 6.61 Å². The summed E-state index contributed by atoms with van der Waals surface area (Å²) in [6.07, 6.45) is 1.18. The predicted molar refractivity (Wildman–Crippen MR) is 43.5 cm³/mol. The zero-order chi connectivity index (χ0) is 8.10. The van der Waals surface area contributed by atoms with E-state index in [1.807, 2.05) is 7.05 Å². The van der Waals surface area contributed by atoms with E-state index in [0.29, 0.717) is 5.92 Å². The summed E-state index contributed by atoms with van der Waals surface area (Å²) in [6, 6.07) is 0. The molecular formula is C8H17NO2. The normalized spacial score (nSPS) is 24.8. The lowest BCUT2D eigenvalue weighted by atomic mass is 10.1. The Bertz CT molecular complexity index is 102. The maximum absolute atomic E-state index is 8.64. The summed E-state index contributed by atoms with van der Waals surface area (Å²) in [4.78, 5) is 2.15. The highest BCUT2D eigenvalue weighted by Gasteiger charge is 2.16. The zero-order valence-corrected chi connectivity index (χ0v) is 7.12. The maximum atomic E-state index is 8.64. The van der Waals surface area contributed by atoms with Crippen LogP contribution in [0.2, 0.25) is 0 Å². The standard InChI is InChI=1S/C8H17NO2/c1-9(3-4-10)6-8-2-5-11-7-8/h8,10H,2-7H2,1H3. The fourth-order valence-corrected chi connectivity index (χ4v) is 1.43. The van der Waals surface area contributed by atoms with Crippen molar-refractivity contribution >= 4 is 0 Å². The summed E-state index contributed by atoms with van der Waals surface area (Å²) < 4.78 is 5.25. The van der Waals surface area contributed by atoms with E-state index in [1.54, 1.807) is 0 Å². The molecule has 1 atom stereocenters. The van der Waals surface area contributed by atoms with Gasteiger partial charge in [-0.1, -0.05) is 0 Å². The molecule has 1 aliphatic rings. The van der Waals surface area contributed by atoms with Crippen molar-refractivity contribution in [2.75, 3.05) is 40.0 Å². The van der Waals surface area contributed by atoms with Crippen LogP contribution in [0, 0.1) is 5.92 Å². The van der Waals surface area contributed by atoms with Crippen molar-refractivity contribution < 1.29 is 9.84 Å². The molecule has 1 fully saturated rings. The van der Waals surface area contributed by atoms with Gasteiger partial charge in [0, 0.05) is 19.7 Å². The van der Waals surface area contributed by atoms with Crippen molar-refractivity contribution in [2.24, 2.45) is 5.92 Å². The first-order valence-electron chi connectivity index (χ1n) is 4.20. The average Bonchev–Trinajstić information content (AvgIpc) is 2.40. The number of hydrogen-bond acceptors (Lipinski definition) is 3. The number of aliphatic hydroxyl groups is 1. The summed E-state index contributed by atoms with van der Waals surface area (Å²) in [5.41, 5.74) is 0. The Morgan fingerprint density at radius 2 is 2.45 bits per heavy atom. The minimum absolute atomic E-state index is 0.254. The van der Waals surface area contributed by atoms with Gasteiger partial charge in [0.1, 0.15) is 0 Å². The van der Waals surface area contributed by atoms with E-state index in [4.69, 9.17) is 9.84 Å². The molecule has 0 aliphatic carbocycles. The lowest BCUT2D eigenvalue weighted by Crippen LogP contribution is -2.28. The van der Waals surface area contributed by atoms with Crippen LogP contribution in [-0.2, 0) is 4.74 Å². The molecule has 0 spiro atoms. The van der Waals surface area contributed by atoms with Crippen LogP contribution >= 0.6 is 0 Å².